The molecule has 30 heavy (non-hydrogen) atoms. The molecule has 0 saturated carbocycles. The van der Waals surface area contributed by atoms with Gasteiger partial charge in [0.2, 0.25) is 0 Å². The minimum Gasteiger partial charge on any atom is -0.392 e. The molecule has 1 atom stereocenters. The van der Waals surface area contributed by atoms with E-state index in [2.05, 4.69) is 16.4 Å². The number of rotatable bonds is 5. The number of nitrogens with zero attached hydrogens (tertiary/aromatic N) is 5. The molecule has 0 unspecified atom stereocenters. The van der Waals surface area contributed by atoms with Crippen LogP contribution in [0.2, 0.25) is 5.15 Å². The topological polar surface area (TPSA) is 99.1 Å². The number of aryl methyl sites for hydroxylation is 1. The highest BCUT2D eigenvalue weighted by Gasteiger charge is 2.19. The number of nitriles is 1. The van der Waals surface area contributed by atoms with Crippen LogP contribution in [0.1, 0.15) is 18.2 Å². The van der Waals surface area contributed by atoms with Gasteiger partial charge in [0.1, 0.15) is 16.7 Å². The van der Waals surface area contributed by atoms with Gasteiger partial charge in [-0.1, -0.05) is 23.7 Å². The van der Waals surface area contributed by atoms with Crippen LogP contribution in [0.5, 0.6) is 0 Å². The molecule has 0 spiro atoms. The highest BCUT2D eigenvalue weighted by atomic mass is 35.5. The molecule has 0 radical (unpaired) electrons. The Morgan fingerprint density at radius 2 is 2.03 bits per heavy atom. The molecule has 0 aliphatic rings. The highest BCUT2D eigenvalue weighted by Crippen LogP contribution is 2.36. The fourth-order valence-corrected chi connectivity index (χ4v) is 3.51. The third-order valence-electron chi connectivity index (χ3n) is 4.54. The molecule has 0 fully saturated rings. The van der Waals surface area contributed by atoms with Crippen LogP contribution in [0.3, 0.4) is 0 Å². The van der Waals surface area contributed by atoms with Gasteiger partial charge < -0.3 is 10.4 Å². The van der Waals surface area contributed by atoms with Crippen LogP contribution in [-0.2, 0) is 0 Å². The van der Waals surface area contributed by atoms with Gasteiger partial charge in [0, 0.05) is 24.0 Å². The van der Waals surface area contributed by atoms with Crippen molar-refractivity contribution in [2.75, 3.05) is 11.9 Å². The molecule has 0 bridgehead atoms. The number of fused-ring (bicyclic) bond motifs is 1. The van der Waals surface area contributed by atoms with E-state index < -0.39 is 6.10 Å². The van der Waals surface area contributed by atoms with E-state index in [1.807, 2.05) is 31.3 Å². The lowest BCUT2D eigenvalue weighted by Gasteiger charge is -2.09. The minimum absolute atomic E-state index is 0.379. The van der Waals surface area contributed by atoms with Crippen LogP contribution in [0.4, 0.5) is 5.82 Å². The number of anilines is 1. The Kier molecular flexibility index (Phi) is 5.36. The van der Waals surface area contributed by atoms with E-state index >= 15 is 0 Å². The molecule has 150 valence electrons. The smallest absolute Gasteiger partial charge is 0.165 e. The Morgan fingerprint density at radius 1 is 1.20 bits per heavy atom. The predicted octanol–water partition coefficient (Wildman–Crippen LogP) is 4.08. The molecule has 3 aromatic heterocycles. The average Bonchev–Trinajstić information content (AvgIpc) is 3.10. The first-order valence-corrected chi connectivity index (χ1v) is 9.79. The maximum absolute atomic E-state index is 9.57. The Hall–Kier alpha value is -3.47. The van der Waals surface area contributed by atoms with Gasteiger partial charge in [-0.25, -0.2) is 14.5 Å². The Balaban J connectivity index is 1.97. The average molecular weight is 419 g/mol. The molecule has 7 nitrogen and oxygen atoms in total. The summed E-state index contributed by atoms with van der Waals surface area (Å²) in [5, 5.41) is 27.1. The summed E-state index contributed by atoms with van der Waals surface area (Å²) < 4.78 is 1.70. The van der Waals surface area contributed by atoms with Crippen molar-refractivity contribution in [1.82, 2.24) is 19.6 Å². The standard InChI is InChI=1S/C22H19ClN6O/c1-13-8-17(10-18(23)26-13)20-21(16-5-3-4-15(9-16)11-24)28-29-7-6-19(27-22(20)29)25-12-14(2)30/h3-10,14,30H,12H2,1-2H3,(H,25,27)/t14-/m0/s1. The van der Waals surface area contributed by atoms with Crippen LogP contribution < -0.4 is 5.32 Å². The number of aliphatic hydroxyl groups is 1. The van der Waals surface area contributed by atoms with Crippen molar-refractivity contribution in [3.05, 3.63) is 65.1 Å². The van der Waals surface area contributed by atoms with E-state index in [0.717, 1.165) is 22.4 Å². The number of nitrogens with one attached hydrogen (secondary N) is 1. The van der Waals surface area contributed by atoms with Crippen molar-refractivity contribution in [3.63, 3.8) is 0 Å². The number of benzene rings is 1. The van der Waals surface area contributed by atoms with Gasteiger partial charge in [-0.3, -0.25) is 0 Å². The van der Waals surface area contributed by atoms with E-state index in [9.17, 15) is 10.4 Å². The second kappa shape index (κ2) is 8.11. The maximum atomic E-state index is 9.57. The first-order valence-electron chi connectivity index (χ1n) is 9.41. The van der Waals surface area contributed by atoms with Gasteiger partial charge in [-0.05, 0) is 49.7 Å². The molecule has 4 aromatic rings. The molecule has 0 aliphatic carbocycles. The number of aromatic nitrogens is 4. The lowest BCUT2D eigenvalue weighted by atomic mass is 10.00. The van der Waals surface area contributed by atoms with E-state index in [1.165, 1.54) is 0 Å². The normalized spacial score (nSPS) is 12.0. The first-order chi connectivity index (χ1) is 14.4. The summed E-state index contributed by atoms with van der Waals surface area (Å²) in [7, 11) is 0. The number of hydrogen-bond donors (Lipinski definition) is 2. The lowest BCUT2D eigenvalue weighted by Crippen LogP contribution is -2.16. The Labute approximate surface area is 178 Å². The predicted molar refractivity (Wildman–Crippen MR) is 116 cm³/mol. The number of aliphatic hydroxyl groups excluding tert-OH is 1. The quantitative estimate of drug-likeness (QED) is 0.474. The third-order valence-corrected chi connectivity index (χ3v) is 4.73. The molecule has 4 rings (SSSR count). The summed E-state index contributed by atoms with van der Waals surface area (Å²) >= 11 is 6.24. The summed E-state index contributed by atoms with van der Waals surface area (Å²) in [6, 6.07) is 15.0. The molecule has 1 aromatic carbocycles. The van der Waals surface area contributed by atoms with Crippen LogP contribution in [-0.4, -0.2) is 37.3 Å². The second-order valence-electron chi connectivity index (χ2n) is 7.05. The molecule has 8 heteroatoms. The van der Waals surface area contributed by atoms with Gasteiger partial charge in [-0.2, -0.15) is 10.4 Å². The highest BCUT2D eigenvalue weighted by molar-refractivity contribution is 6.29. The summed E-state index contributed by atoms with van der Waals surface area (Å²) in [4.78, 5) is 8.98. The van der Waals surface area contributed by atoms with Crippen molar-refractivity contribution in [3.8, 4) is 28.5 Å². The molecule has 0 amide bonds. The van der Waals surface area contributed by atoms with Crippen molar-refractivity contribution in [2.45, 2.75) is 20.0 Å². The number of pyridine rings is 1. The Bertz CT molecular complexity index is 1250. The van der Waals surface area contributed by atoms with Crippen LogP contribution in [0.25, 0.3) is 28.0 Å². The zero-order valence-corrected chi connectivity index (χ0v) is 17.2. The fourth-order valence-electron chi connectivity index (χ4n) is 3.26. The SMILES string of the molecule is Cc1cc(-c2c(-c3cccc(C#N)c3)nn3ccc(NC[C@H](C)O)nc23)cc(Cl)n1. The van der Waals surface area contributed by atoms with E-state index in [4.69, 9.17) is 21.7 Å². The summed E-state index contributed by atoms with van der Waals surface area (Å²) in [5.74, 6) is 0.624. The van der Waals surface area contributed by atoms with Gasteiger partial charge in [0.15, 0.2) is 5.65 Å². The van der Waals surface area contributed by atoms with Gasteiger partial charge in [0.05, 0.1) is 23.3 Å². The number of hydrogen-bond acceptors (Lipinski definition) is 6. The summed E-state index contributed by atoms with van der Waals surface area (Å²) in [5.41, 5.74) is 5.07. The zero-order valence-electron chi connectivity index (χ0n) is 16.5. The second-order valence-corrected chi connectivity index (χ2v) is 7.43. The largest absolute Gasteiger partial charge is 0.392 e. The third kappa shape index (κ3) is 3.96. The molecule has 2 N–H and O–H groups in total. The van der Waals surface area contributed by atoms with Crippen molar-refractivity contribution in [1.29, 1.82) is 5.26 Å². The van der Waals surface area contributed by atoms with E-state index in [-0.39, 0.29) is 0 Å². The van der Waals surface area contributed by atoms with Crippen molar-refractivity contribution >= 4 is 23.1 Å². The van der Waals surface area contributed by atoms with Crippen molar-refractivity contribution in [2.24, 2.45) is 0 Å². The maximum Gasteiger partial charge on any atom is 0.165 e. The van der Waals surface area contributed by atoms with Gasteiger partial charge >= 0.3 is 0 Å². The minimum atomic E-state index is -0.502. The van der Waals surface area contributed by atoms with E-state index in [0.29, 0.717) is 34.4 Å². The van der Waals surface area contributed by atoms with Crippen LogP contribution >= 0.6 is 11.6 Å². The fraction of sp³-hybridized carbons (Fsp3) is 0.182. The molecule has 3 heterocycles. The molecular weight excluding hydrogens is 400 g/mol. The molecular formula is C22H19ClN6O. The number of halogens is 1. The lowest BCUT2D eigenvalue weighted by molar-refractivity contribution is 0.208. The van der Waals surface area contributed by atoms with Gasteiger partial charge in [0.25, 0.3) is 0 Å². The van der Waals surface area contributed by atoms with Crippen LogP contribution in [0, 0.1) is 18.3 Å². The molecule has 0 aliphatic heterocycles. The van der Waals surface area contributed by atoms with E-state index in [1.54, 1.807) is 35.7 Å². The van der Waals surface area contributed by atoms with Crippen LogP contribution in [0.15, 0.2) is 48.7 Å². The first kappa shape index (κ1) is 19.8. The van der Waals surface area contributed by atoms with Crippen molar-refractivity contribution < 1.29 is 5.11 Å². The molecule has 0 saturated heterocycles. The zero-order chi connectivity index (χ0) is 21.3. The summed E-state index contributed by atoms with van der Waals surface area (Å²) in [6.45, 7) is 3.96. The monoisotopic (exact) mass is 418 g/mol. The summed E-state index contributed by atoms with van der Waals surface area (Å²) in [6.07, 6.45) is 1.31. The Morgan fingerprint density at radius 3 is 2.77 bits per heavy atom. The van der Waals surface area contributed by atoms with Gasteiger partial charge in [-0.15, -0.1) is 0 Å².